The van der Waals surface area contributed by atoms with E-state index in [0.717, 1.165) is 11.7 Å². The Kier molecular flexibility index (Phi) is 5.42. The molecule has 112 valence electrons. The molecule has 0 bridgehead atoms. The van der Waals surface area contributed by atoms with Crippen molar-refractivity contribution in [2.75, 3.05) is 11.1 Å². The van der Waals surface area contributed by atoms with Crippen LogP contribution >= 0.6 is 11.8 Å². The Morgan fingerprint density at radius 2 is 1.85 bits per heavy atom. The van der Waals surface area contributed by atoms with Gasteiger partial charge in [0.2, 0.25) is 0 Å². The molecule has 0 amide bonds. The summed E-state index contributed by atoms with van der Waals surface area (Å²) in [6, 6.07) is 9.40. The fraction of sp³-hybridized carbons (Fsp3) is 0.667. The highest BCUT2D eigenvalue weighted by molar-refractivity contribution is 7.99. The SMILES string of the molecule is CCSc1ccccc1NC1CCCCC1C(C)(C)C. The van der Waals surface area contributed by atoms with E-state index in [-0.39, 0.29) is 0 Å². The average Bonchev–Trinajstić information content (AvgIpc) is 2.41. The zero-order chi connectivity index (χ0) is 14.6. The van der Waals surface area contributed by atoms with Gasteiger partial charge in [-0.05, 0) is 42.1 Å². The summed E-state index contributed by atoms with van der Waals surface area (Å²) in [6.45, 7) is 9.40. The summed E-state index contributed by atoms with van der Waals surface area (Å²) in [4.78, 5) is 1.40. The van der Waals surface area contributed by atoms with E-state index in [4.69, 9.17) is 0 Å². The Morgan fingerprint density at radius 1 is 1.15 bits per heavy atom. The summed E-state index contributed by atoms with van der Waals surface area (Å²) in [6.07, 6.45) is 5.44. The molecule has 0 aromatic heterocycles. The molecule has 0 radical (unpaired) electrons. The summed E-state index contributed by atoms with van der Waals surface area (Å²) < 4.78 is 0. The molecule has 1 aliphatic carbocycles. The molecule has 1 N–H and O–H groups in total. The molecule has 0 aliphatic heterocycles. The zero-order valence-electron chi connectivity index (χ0n) is 13.4. The van der Waals surface area contributed by atoms with Crippen LogP contribution in [0.1, 0.15) is 53.4 Å². The molecule has 0 spiro atoms. The molecule has 1 saturated carbocycles. The molecular formula is C18H29NS. The third kappa shape index (κ3) is 3.94. The summed E-state index contributed by atoms with van der Waals surface area (Å²) in [5.41, 5.74) is 1.73. The number of hydrogen-bond donors (Lipinski definition) is 1. The number of hydrogen-bond acceptors (Lipinski definition) is 2. The van der Waals surface area contributed by atoms with Gasteiger partial charge in [0.25, 0.3) is 0 Å². The Hall–Kier alpha value is -0.630. The van der Waals surface area contributed by atoms with Gasteiger partial charge in [0.1, 0.15) is 0 Å². The van der Waals surface area contributed by atoms with Crippen molar-refractivity contribution in [2.45, 2.75) is 64.3 Å². The van der Waals surface area contributed by atoms with Crippen LogP contribution in [0.25, 0.3) is 0 Å². The lowest BCUT2D eigenvalue weighted by Crippen LogP contribution is -2.39. The van der Waals surface area contributed by atoms with Crippen molar-refractivity contribution in [3.63, 3.8) is 0 Å². The van der Waals surface area contributed by atoms with Crippen LogP contribution in [-0.4, -0.2) is 11.8 Å². The van der Waals surface area contributed by atoms with Crippen LogP contribution in [0.3, 0.4) is 0 Å². The monoisotopic (exact) mass is 291 g/mol. The topological polar surface area (TPSA) is 12.0 Å². The molecule has 1 fully saturated rings. The molecule has 2 unspecified atom stereocenters. The van der Waals surface area contributed by atoms with E-state index in [1.165, 1.54) is 36.3 Å². The van der Waals surface area contributed by atoms with Crippen molar-refractivity contribution in [3.8, 4) is 0 Å². The first-order valence-corrected chi connectivity index (χ1v) is 8.99. The van der Waals surface area contributed by atoms with E-state index in [2.05, 4.69) is 57.3 Å². The second kappa shape index (κ2) is 6.89. The molecule has 2 heteroatoms. The van der Waals surface area contributed by atoms with E-state index in [1.54, 1.807) is 0 Å². The third-order valence-corrected chi connectivity index (χ3v) is 5.36. The molecule has 20 heavy (non-hydrogen) atoms. The molecule has 2 rings (SSSR count). The summed E-state index contributed by atoms with van der Waals surface area (Å²) in [5.74, 6) is 1.91. The lowest BCUT2D eigenvalue weighted by Gasteiger charge is -2.41. The Balaban J connectivity index is 2.15. The van der Waals surface area contributed by atoms with Crippen molar-refractivity contribution < 1.29 is 0 Å². The van der Waals surface area contributed by atoms with Gasteiger partial charge in [0, 0.05) is 16.6 Å². The highest BCUT2D eigenvalue weighted by Gasteiger charge is 2.34. The van der Waals surface area contributed by atoms with E-state index < -0.39 is 0 Å². The molecule has 1 nitrogen and oxygen atoms in total. The molecular weight excluding hydrogens is 262 g/mol. The van der Waals surface area contributed by atoms with Gasteiger partial charge in [-0.3, -0.25) is 0 Å². The van der Waals surface area contributed by atoms with Crippen LogP contribution < -0.4 is 5.32 Å². The van der Waals surface area contributed by atoms with Gasteiger partial charge < -0.3 is 5.32 Å². The minimum absolute atomic E-state index is 0.394. The van der Waals surface area contributed by atoms with Gasteiger partial charge in [-0.2, -0.15) is 0 Å². The van der Waals surface area contributed by atoms with Crippen LogP contribution in [0.15, 0.2) is 29.2 Å². The molecule has 0 saturated heterocycles. The van der Waals surface area contributed by atoms with Crippen molar-refractivity contribution >= 4 is 17.4 Å². The number of thioether (sulfide) groups is 1. The van der Waals surface area contributed by atoms with Gasteiger partial charge in [0.05, 0.1) is 0 Å². The van der Waals surface area contributed by atoms with Crippen LogP contribution in [0.4, 0.5) is 5.69 Å². The molecule has 1 aromatic rings. The Bertz CT molecular complexity index is 422. The van der Waals surface area contributed by atoms with Crippen molar-refractivity contribution in [1.29, 1.82) is 0 Å². The largest absolute Gasteiger partial charge is 0.381 e. The molecule has 2 atom stereocenters. The average molecular weight is 292 g/mol. The number of benzene rings is 1. The number of para-hydroxylation sites is 1. The summed E-state index contributed by atoms with van der Waals surface area (Å²) >= 11 is 1.94. The number of rotatable bonds is 4. The normalized spacial score (nSPS) is 23.6. The minimum atomic E-state index is 0.394. The van der Waals surface area contributed by atoms with Crippen LogP contribution in [0.5, 0.6) is 0 Å². The van der Waals surface area contributed by atoms with Gasteiger partial charge in [-0.1, -0.05) is 52.7 Å². The standard InChI is InChI=1S/C18H29NS/c1-5-20-17-13-9-8-12-16(17)19-15-11-7-6-10-14(15)18(2,3)4/h8-9,12-15,19H,5-7,10-11H2,1-4H3. The van der Waals surface area contributed by atoms with Crippen LogP contribution in [-0.2, 0) is 0 Å². The lowest BCUT2D eigenvalue weighted by atomic mass is 9.69. The maximum atomic E-state index is 3.87. The third-order valence-electron chi connectivity index (χ3n) is 4.41. The number of anilines is 1. The van der Waals surface area contributed by atoms with E-state index >= 15 is 0 Å². The van der Waals surface area contributed by atoms with Crippen molar-refractivity contribution in [2.24, 2.45) is 11.3 Å². The smallest absolute Gasteiger partial charge is 0.0480 e. The lowest BCUT2D eigenvalue weighted by molar-refractivity contribution is 0.162. The highest BCUT2D eigenvalue weighted by Crippen LogP contribution is 2.40. The quantitative estimate of drug-likeness (QED) is 0.702. The predicted molar refractivity (Wildman–Crippen MR) is 91.7 cm³/mol. The van der Waals surface area contributed by atoms with Gasteiger partial charge in [0.15, 0.2) is 0 Å². The fourth-order valence-electron chi connectivity index (χ4n) is 3.41. The first kappa shape index (κ1) is 15.8. The Morgan fingerprint density at radius 3 is 2.55 bits per heavy atom. The highest BCUT2D eigenvalue weighted by atomic mass is 32.2. The van der Waals surface area contributed by atoms with Crippen molar-refractivity contribution in [3.05, 3.63) is 24.3 Å². The number of nitrogens with one attached hydrogen (secondary N) is 1. The van der Waals surface area contributed by atoms with E-state index in [0.29, 0.717) is 11.5 Å². The van der Waals surface area contributed by atoms with Gasteiger partial charge in [-0.25, -0.2) is 0 Å². The molecule has 1 aliphatic rings. The molecule has 1 aromatic carbocycles. The first-order chi connectivity index (χ1) is 9.52. The van der Waals surface area contributed by atoms with Crippen molar-refractivity contribution in [1.82, 2.24) is 0 Å². The maximum absolute atomic E-state index is 3.87. The van der Waals surface area contributed by atoms with Gasteiger partial charge in [-0.15, -0.1) is 11.8 Å². The van der Waals surface area contributed by atoms with Gasteiger partial charge >= 0.3 is 0 Å². The van der Waals surface area contributed by atoms with Crippen LogP contribution in [0.2, 0.25) is 0 Å². The summed E-state index contributed by atoms with van der Waals surface area (Å²) in [5, 5.41) is 3.87. The predicted octanol–water partition coefficient (Wildman–Crippen LogP) is 5.82. The van der Waals surface area contributed by atoms with Crippen LogP contribution in [0, 0.1) is 11.3 Å². The second-order valence-corrected chi connectivity index (χ2v) is 8.24. The van der Waals surface area contributed by atoms with E-state index in [1.807, 2.05) is 11.8 Å². The summed E-state index contributed by atoms with van der Waals surface area (Å²) in [7, 11) is 0. The second-order valence-electron chi connectivity index (χ2n) is 6.94. The zero-order valence-corrected chi connectivity index (χ0v) is 14.2. The first-order valence-electron chi connectivity index (χ1n) is 8.00. The van der Waals surface area contributed by atoms with E-state index in [9.17, 15) is 0 Å². The molecule has 0 heterocycles. The fourth-order valence-corrected chi connectivity index (χ4v) is 4.18. The Labute approximate surface area is 128 Å². The maximum Gasteiger partial charge on any atom is 0.0480 e. The minimum Gasteiger partial charge on any atom is -0.381 e.